The van der Waals surface area contributed by atoms with Gasteiger partial charge in [-0.25, -0.2) is 4.79 Å². The summed E-state index contributed by atoms with van der Waals surface area (Å²) in [6.07, 6.45) is 5.32. The molecule has 0 aromatic carbocycles. The minimum Gasteiger partial charge on any atom is -0.423 e. The molecule has 2 aliphatic heterocycles. The van der Waals surface area contributed by atoms with Crippen LogP contribution in [0.5, 0.6) is 0 Å². The standard InChI is InChI=1S/C15H22N4O6S/c1-9-6-10(7-9)2-5-13-16-17-14(24-13)12-4-3-11-8-18(12)15(20)19(11)25-26(21,22)23/h9-12H,2-8H2,1H3,(H,21,22,23)/t9?,10?,11-,12+/m1/s1. The van der Waals surface area contributed by atoms with Gasteiger partial charge in [-0.1, -0.05) is 6.92 Å². The molecule has 1 aromatic heterocycles. The van der Waals surface area contributed by atoms with Gasteiger partial charge in [-0.2, -0.15) is 13.5 Å². The predicted molar refractivity (Wildman–Crippen MR) is 86.8 cm³/mol. The summed E-state index contributed by atoms with van der Waals surface area (Å²) in [6, 6.07) is -1.46. The highest BCUT2D eigenvalue weighted by molar-refractivity contribution is 7.80. The lowest BCUT2D eigenvalue weighted by molar-refractivity contribution is -0.0317. The summed E-state index contributed by atoms with van der Waals surface area (Å²) in [6.45, 7) is 2.54. The zero-order chi connectivity index (χ0) is 18.5. The Labute approximate surface area is 151 Å². The highest BCUT2D eigenvalue weighted by atomic mass is 32.3. The van der Waals surface area contributed by atoms with Crippen LogP contribution in [0.4, 0.5) is 4.79 Å². The number of rotatable bonds is 6. The number of hydrogen-bond acceptors (Lipinski definition) is 7. The van der Waals surface area contributed by atoms with Crippen LogP contribution in [-0.4, -0.2) is 51.7 Å². The molecule has 144 valence electrons. The highest BCUT2D eigenvalue weighted by Gasteiger charge is 2.49. The Balaban J connectivity index is 1.40. The third kappa shape index (κ3) is 3.42. The first-order valence-electron chi connectivity index (χ1n) is 8.89. The topological polar surface area (TPSA) is 126 Å². The van der Waals surface area contributed by atoms with E-state index in [0.717, 1.165) is 24.7 Å². The molecule has 4 rings (SSSR count). The molecule has 2 amide bonds. The molecule has 1 aliphatic carbocycles. The van der Waals surface area contributed by atoms with Crippen molar-refractivity contribution in [2.45, 2.75) is 57.5 Å². The Bertz CT molecular complexity index is 790. The number of urea groups is 1. The van der Waals surface area contributed by atoms with Crippen molar-refractivity contribution in [1.82, 2.24) is 20.2 Å². The lowest BCUT2D eigenvalue weighted by atomic mass is 9.74. The van der Waals surface area contributed by atoms with Crippen molar-refractivity contribution in [1.29, 1.82) is 0 Å². The second-order valence-electron chi connectivity index (χ2n) is 7.53. The maximum atomic E-state index is 12.4. The lowest BCUT2D eigenvalue weighted by Gasteiger charge is -2.32. The zero-order valence-corrected chi connectivity index (χ0v) is 15.3. The fraction of sp³-hybridized carbons (Fsp3) is 0.800. The molecule has 3 fully saturated rings. The SMILES string of the molecule is CC1CC(CCc2nnc([C@@H]3CC[C@@H]4CN3C(=O)N4OS(=O)(=O)O)o2)C1. The minimum absolute atomic E-state index is 0.288. The summed E-state index contributed by atoms with van der Waals surface area (Å²) in [4.78, 5) is 13.9. The lowest BCUT2D eigenvalue weighted by Crippen LogP contribution is -2.35. The maximum Gasteiger partial charge on any atom is 0.418 e. The highest BCUT2D eigenvalue weighted by Crippen LogP contribution is 2.39. The number of piperidine rings is 1. The number of hydroxylamine groups is 2. The Hall–Kier alpha value is -1.72. The molecule has 1 N–H and O–H groups in total. The van der Waals surface area contributed by atoms with Crippen LogP contribution in [0.15, 0.2) is 4.42 Å². The molecule has 1 saturated carbocycles. The third-order valence-electron chi connectivity index (χ3n) is 5.50. The van der Waals surface area contributed by atoms with Gasteiger partial charge in [0.25, 0.3) is 0 Å². The van der Waals surface area contributed by atoms with E-state index in [1.165, 1.54) is 17.7 Å². The van der Waals surface area contributed by atoms with Crippen LogP contribution in [0.25, 0.3) is 0 Å². The molecular formula is C15H22N4O6S. The Kier molecular flexibility index (Phi) is 4.40. The zero-order valence-electron chi connectivity index (χ0n) is 14.4. The molecule has 26 heavy (non-hydrogen) atoms. The maximum absolute atomic E-state index is 12.4. The Morgan fingerprint density at radius 2 is 2.08 bits per heavy atom. The van der Waals surface area contributed by atoms with Gasteiger partial charge in [0.1, 0.15) is 6.04 Å². The third-order valence-corrected chi connectivity index (χ3v) is 5.85. The molecule has 10 nitrogen and oxygen atoms in total. The van der Waals surface area contributed by atoms with E-state index in [2.05, 4.69) is 21.4 Å². The number of carbonyl (C=O) groups is 1. The summed E-state index contributed by atoms with van der Waals surface area (Å²) >= 11 is 0. The average Bonchev–Trinajstić information content (AvgIpc) is 3.10. The fourth-order valence-corrected chi connectivity index (χ4v) is 4.61. The molecule has 11 heteroatoms. The molecule has 2 atom stereocenters. The monoisotopic (exact) mass is 386 g/mol. The van der Waals surface area contributed by atoms with Gasteiger partial charge in [0, 0.05) is 13.0 Å². The second-order valence-corrected chi connectivity index (χ2v) is 8.53. The van der Waals surface area contributed by atoms with E-state index in [4.69, 9.17) is 8.97 Å². The smallest absolute Gasteiger partial charge is 0.418 e. The van der Waals surface area contributed by atoms with Crippen molar-refractivity contribution in [2.24, 2.45) is 11.8 Å². The summed E-state index contributed by atoms with van der Waals surface area (Å²) in [5.41, 5.74) is 0. The molecule has 3 heterocycles. The van der Waals surface area contributed by atoms with Crippen LogP contribution < -0.4 is 0 Å². The van der Waals surface area contributed by atoms with Crippen LogP contribution in [-0.2, 0) is 21.1 Å². The van der Waals surface area contributed by atoms with Crippen molar-refractivity contribution in [2.75, 3.05) is 6.54 Å². The number of aryl methyl sites for hydroxylation is 1. The van der Waals surface area contributed by atoms with E-state index in [0.29, 0.717) is 29.7 Å². The number of fused-ring (bicyclic) bond motifs is 2. The van der Waals surface area contributed by atoms with E-state index in [9.17, 15) is 13.2 Å². The van der Waals surface area contributed by atoms with Crippen molar-refractivity contribution in [3.8, 4) is 0 Å². The largest absolute Gasteiger partial charge is 0.423 e. The first-order chi connectivity index (χ1) is 12.3. The van der Waals surface area contributed by atoms with E-state index >= 15 is 0 Å². The first kappa shape index (κ1) is 17.7. The van der Waals surface area contributed by atoms with Gasteiger partial charge >= 0.3 is 16.4 Å². The molecule has 1 aromatic rings. The second kappa shape index (κ2) is 6.46. The fourth-order valence-electron chi connectivity index (χ4n) is 4.22. The number of hydrogen-bond donors (Lipinski definition) is 1. The molecule has 0 radical (unpaired) electrons. The predicted octanol–water partition coefficient (Wildman–Crippen LogP) is 1.72. The van der Waals surface area contributed by atoms with Crippen LogP contribution in [0.1, 0.15) is 56.9 Å². The van der Waals surface area contributed by atoms with Crippen LogP contribution in [0, 0.1) is 11.8 Å². The van der Waals surface area contributed by atoms with Gasteiger partial charge in [0.05, 0.1) is 6.04 Å². The molecule has 2 saturated heterocycles. The Morgan fingerprint density at radius 1 is 1.31 bits per heavy atom. The average molecular weight is 386 g/mol. The van der Waals surface area contributed by atoms with Gasteiger partial charge in [0.2, 0.25) is 11.8 Å². The summed E-state index contributed by atoms with van der Waals surface area (Å²) in [5, 5.41) is 8.89. The Morgan fingerprint density at radius 3 is 2.77 bits per heavy atom. The van der Waals surface area contributed by atoms with E-state index in [-0.39, 0.29) is 6.54 Å². The van der Waals surface area contributed by atoms with Crippen LogP contribution >= 0.6 is 0 Å². The van der Waals surface area contributed by atoms with E-state index in [1.54, 1.807) is 0 Å². The number of carbonyl (C=O) groups excluding carboxylic acids is 1. The van der Waals surface area contributed by atoms with Crippen LogP contribution in [0.2, 0.25) is 0 Å². The van der Waals surface area contributed by atoms with Gasteiger partial charge < -0.3 is 9.32 Å². The van der Waals surface area contributed by atoms with Gasteiger partial charge in [0.15, 0.2) is 0 Å². The van der Waals surface area contributed by atoms with Crippen molar-refractivity contribution in [3.05, 3.63) is 11.8 Å². The van der Waals surface area contributed by atoms with Crippen LogP contribution in [0.3, 0.4) is 0 Å². The molecule has 2 bridgehead atoms. The van der Waals surface area contributed by atoms with Gasteiger partial charge in [-0.05, 0) is 43.9 Å². The molecule has 3 aliphatic rings. The number of amides is 2. The van der Waals surface area contributed by atoms with Crippen molar-refractivity contribution in [3.63, 3.8) is 0 Å². The van der Waals surface area contributed by atoms with E-state index in [1.807, 2.05) is 0 Å². The number of aromatic nitrogens is 2. The van der Waals surface area contributed by atoms with Gasteiger partial charge in [-0.15, -0.1) is 14.5 Å². The van der Waals surface area contributed by atoms with E-state index < -0.39 is 28.5 Å². The molecular weight excluding hydrogens is 364 g/mol. The van der Waals surface area contributed by atoms with Crippen molar-refractivity contribution < 1.29 is 26.5 Å². The van der Waals surface area contributed by atoms with Gasteiger partial charge in [-0.3, -0.25) is 4.55 Å². The summed E-state index contributed by atoms with van der Waals surface area (Å²) in [5.74, 6) is 2.46. The molecule has 0 spiro atoms. The molecule has 0 unspecified atom stereocenters. The summed E-state index contributed by atoms with van der Waals surface area (Å²) in [7, 11) is -4.75. The minimum atomic E-state index is -4.75. The quantitative estimate of drug-likeness (QED) is 0.733. The number of nitrogens with zero attached hydrogens (tertiary/aromatic N) is 4. The van der Waals surface area contributed by atoms with Crippen molar-refractivity contribution >= 4 is 16.4 Å². The normalized spacial score (nSPS) is 31.4. The summed E-state index contributed by atoms with van der Waals surface area (Å²) < 4.78 is 40.9. The first-order valence-corrected chi connectivity index (χ1v) is 10.3.